The van der Waals surface area contributed by atoms with E-state index in [0.29, 0.717) is 30.2 Å². The van der Waals surface area contributed by atoms with E-state index in [9.17, 15) is 9.59 Å². The summed E-state index contributed by atoms with van der Waals surface area (Å²) < 4.78 is 10.2. The number of aryl methyl sites for hydroxylation is 1. The first-order valence-electron chi connectivity index (χ1n) is 11.2. The van der Waals surface area contributed by atoms with Gasteiger partial charge in [0.1, 0.15) is 5.75 Å². The lowest BCUT2D eigenvalue weighted by molar-refractivity contribution is 0.415. The van der Waals surface area contributed by atoms with Gasteiger partial charge in [0, 0.05) is 20.1 Å². The zero-order chi connectivity index (χ0) is 23.4. The van der Waals surface area contributed by atoms with Crippen LogP contribution >= 0.6 is 0 Å². The van der Waals surface area contributed by atoms with Gasteiger partial charge in [-0.25, -0.2) is 4.79 Å². The van der Waals surface area contributed by atoms with Crippen LogP contribution in [0.3, 0.4) is 0 Å². The largest absolute Gasteiger partial charge is 0.495 e. The van der Waals surface area contributed by atoms with E-state index >= 15 is 0 Å². The van der Waals surface area contributed by atoms with Crippen molar-refractivity contribution in [2.45, 2.75) is 13.1 Å². The van der Waals surface area contributed by atoms with Crippen molar-refractivity contribution in [3.63, 3.8) is 0 Å². The standard InChI is InChI=1S/C26H23N5O3/c1-28-23-22(30-15-14-29(25(30)27-23)20-12-5-6-13-21(20)34-2)24(32)31(26(28)33)16-18-10-7-9-17-8-3-4-11-19(17)18/h3-13H,14-16H2,1-2H3. The van der Waals surface area contributed by atoms with Gasteiger partial charge in [-0.3, -0.25) is 13.9 Å². The van der Waals surface area contributed by atoms with Crippen molar-refractivity contribution in [3.05, 3.63) is 93.1 Å². The van der Waals surface area contributed by atoms with Gasteiger partial charge in [0.25, 0.3) is 5.56 Å². The topological polar surface area (TPSA) is 74.3 Å². The molecule has 0 saturated heterocycles. The lowest BCUT2D eigenvalue weighted by Gasteiger charge is -2.18. The molecule has 0 fully saturated rings. The highest BCUT2D eigenvalue weighted by Crippen LogP contribution is 2.37. The molecule has 0 atom stereocenters. The second-order valence-corrected chi connectivity index (χ2v) is 8.43. The molecule has 3 heterocycles. The predicted octanol–water partition coefficient (Wildman–Crippen LogP) is 3.26. The van der Waals surface area contributed by atoms with E-state index in [4.69, 9.17) is 9.72 Å². The van der Waals surface area contributed by atoms with Crippen molar-refractivity contribution in [2.24, 2.45) is 7.05 Å². The number of anilines is 2. The summed E-state index contributed by atoms with van der Waals surface area (Å²) in [5.74, 6) is 1.36. The Hall–Kier alpha value is -4.33. The van der Waals surface area contributed by atoms with Crippen molar-refractivity contribution < 1.29 is 4.74 Å². The minimum atomic E-state index is -0.383. The van der Waals surface area contributed by atoms with E-state index in [1.54, 1.807) is 14.2 Å². The van der Waals surface area contributed by atoms with Gasteiger partial charge in [-0.2, -0.15) is 4.98 Å². The number of hydrogen-bond donors (Lipinski definition) is 0. The maximum absolute atomic E-state index is 13.7. The van der Waals surface area contributed by atoms with Gasteiger partial charge in [-0.15, -0.1) is 0 Å². The van der Waals surface area contributed by atoms with Crippen LogP contribution in [0.2, 0.25) is 0 Å². The van der Waals surface area contributed by atoms with Crippen molar-refractivity contribution in [3.8, 4) is 5.75 Å². The smallest absolute Gasteiger partial charge is 0.332 e. The minimum Gasteiger partial charge on any atom is -0.495 e. The molecule has 1 aliphatic heterocycles. The van der Waals surface area contributed by atoms with Crippen LogP contribution < -0.4 is 20.9 Å². The first-order chi connectivity index (χ1) is 16.6. The van der Waals surface area contributed by atoms with Crippen LogP contribution in [0.1, 0.15) is 5.56 Å². The third-order valence-electron chi connectivity index (χ3n) is 6.59. The van der Waals surface area contributed by atoms with E-state index < -0.39 is 0 Å². The molecule has 2 aromatic heterocycles. The molecule has 0 N–H and O–H groups in total. The van der Waals surface area contributed by atoms with Gasteiger partial charge in [0.05, 0.1) is 19.3 Å². The second-order valence-electron chi connectivity index (χ2n) is 8.43. The third kappa shape index (κ3) is 2.88. The molecule has 0 saturated carbocycles. The molecule has 0 unspecified atom stereocenters. The number of aromatic nitrogens is 4. The first kappa shape index (κ1) is 20.3. The lowest BCUT2D eigenvalue weighted by Crippen LogP contribution is -2.40. The van der Waals surface area contributed by atoms with Crippen molar-refractivity contribution >= 4 is 33.6 Å². The summed E-state index contributed by atoms with van der Waals surface area (Å²) in [6, 6.07) is 21.6. The van der Waals surface area contributed by atoms with Gasteiger partial charge in [-0.1, -0.05) is 54.6 Å². The van der Waals surface area contributed by atoms with Gasteiger partial charge >= 0.3 is 5.69 Å². The van der Waals surface area contributed by atoms with Crippen molar-refractivity contribution in [1.82, 2.24) is 18.7 Å². The quantitative estimate of drug-likeness (QED) is 0.418. The number of rotatable bonds is 4. The van der Waals surface area contributed by atoms with Crippen LogP contribution in [-0.2, 0) is 20.1 Å². The number of methoxy groups -OCH3 is 1. The van der Waals surface area contributed by atoms with Crippen LogP contribution in [0.4, 0.5) is 11.6 Å². The van der Waals surface area contributed by atoms with E-state index in [1.807, 2.05) is 76.2 Å². The van der Waals surface area contributed by atoms with Gasteiger partial charge < -0.3 is 14.2 Å². The number of nitrogens with zero attached hydrogens (tertiary/aromatic N) is 5. The van der Waals surface area contributed by atoms with E-state index in [2.05, 4.69) is 0 Å². The number of ether oxygens (including phenoxy) is 1. The fraction of sp³-hybridized carbons (Fsp3) is 0.192. The average Bonchev–Trinajstić information content (AvgIpc) is 3.45. The average molecular weight is 454 g/mol. The summed E-state index contributed by atoms with van der Waals surface area (Å²) in [4.78, 5) is 33.7. The lowest BCUT2D eigenvalue weighted by atomic mass is 10.0. The zero-order valence-electron chi connectivity index (χ0n) is 18.9. The summed E-state index contributed by atoms with van der Waals surface area (Å²) in [7, 11) is 3.30. The molecule has 8 nitrogen and oxygen atoms in total. The molecule has 6 rings (SSSR count). The Kier molecular flexibility index (Phi) is 4.55. The summed E-state index contributed by atoms with van der Waals surface area (Å²) >= 11 is 0. The number of fused-ring (bicyclic) bond motifs is 4. The van der Waals surface area contributed by atoms with Crippen LogP contribution in [0.25, 0.3) is 21.9 Å². The second kappa shape index (κ2) is 7.62. The number of benzene rings is 3. The van der Waals surface area contributed by atoms with Crippen LogP contribution in [0.5, 0.6) is 5.75 Å². The Balaban J connectivity index is 1.53. The van der Waals surface area contributed by atoms with Crippen LogP contribution in [-0.4, -0.2) is 32.3 Å². The SMILES string of the molecule is COc1ccccc1N1CCn2c1nc1c2c(=O)n(Cc2cccc3ccccc23)c(=O)n1C. The predicted molar refractivity (Wildman–Crippen MR) is 132 cm³/mol. The highest BCUT2D eigenvalue weighted by molar-refractivity contribution is 5.85. The van der Waals surface area contributed by atoms with E-state index in [1.165, 1.54) is 9.13 Å². The molecule has 1 aliphatic rings. The molecule has 0 amide bonds. The Labute approximate surface area is 194 Å². The molecular formula is C26H23N5O3. The number of hydrogen-bond acceptors (Lipinski definition) is 5. The van der Waals surface area contributed by atoms with E-state index in [0.717, 1.165) is 27.8 Å². The molecule has 8 heteroatoms. The van der Waals surface area contributed by atoms with Gasteiger partial charge in [-0.05, 0) is 28.5 Å². The van der Waals surface area contributed by atoms with Crippen LogP contribution in [0.15, 0.2) is 76.3 Å². The Morgan fingerprint density at radius 3 is 2.56 bits per heavy atom. The minimum absolute atomic E-state index is 0.194. The molecule has 34 heavy (non-hydrogen) atoms. The Bertz CT molecular complexity index is 1690. The molecule has 0 radical (unpaired) electrons. The maximum Gasteiger partial charge on any atom is 0.332 e. The third-order valence-corrected chi connectivity index (χ3v) is 6.59. The van der Waals surface area contributed by atoms with Gasteiger partial charge in [0.15, 0.2) is 11.2 Å². The molecule has 0 aliphatic carbocycles. The first-order valence-corrected chi connectivity index (χ1v) is 11.2. The maximum atomic E-state index is 13.7. The summed E-state index contributed by atoms with van der Waals surface area (Å²) in [6.07, 6.45) is 0. The fourth-order valence-corrected chi connectivity index (χ4v) is 4.90. The monoisotopic (exact) mass is 453 g/mol. The molecule has 5 aromatic rings. The molecule has 0 bridgehead atoms. The van der Waals surface area contributed by atoms with Crippen molar-refractivity contribution in [1.29, 1.82) is 0 Å². The number of imidazole rings is 1. The highest BCUT2D eigenvalue weighted by Gasteiger charge is 2.30. The molecule has 0 spiro atoms. The molecule has 170 valence electrons. The molecule has 3 aromatic carbocycles. The summed E-state index contributed by atoms with van der Waals surface area (Å²) in [5, 5.41) is 2.10. The highest BCUT2D eigenvalue weighted by atomic mass is 16.5. The summed E-state index contributed by atoms with van der Waals surface area (Å²) in [5.41, 5.74) is 1.92. The normalized spacial score (nSPS) is 13.1. The van der Waals surface area contributed by atoms with Crippen LogP contribution in [0, 0.1) is 0 Å². The molecular weight excluding hydrogens is 430 g/mol. The Morgan fingerprint density at radius 2 is 1.71 bits per heavy atom. The fourth-order valence-electron chi connectivity index (χ4n) is 4.90. The number of para-hydroxylation sites is 2. The van der Waals surface area contributed by atoms with E-state index in [-0.39, 0.29) is 17.8 Å². The summed E-state index contributed by atoms with van der Waals surface area (Å²) in [6.45, 7) is 1.44. The Morgan fingerprint density at radius 1 is 0.941 bits per heavy atom. The van der Waals surface area contributed by atoms with Crippen molar-refractivity contribution in [2.75, 3.05) is 18.6 Å². The van der Waals surface area contributed by atoms with Gasteiger partial charge in [0.2, 0.25) is 5.95 Å². The zero-order valence-corrected chi connectivity index (χ0v) is 18.9.